The Bertz CT molecular complexity index is 533. The summed E-state index contributed by atoms with van der Waals surface area (Å²) in [5, 5.41) is 0. The van der Waals surface area contributed by atoms with E-state index in [1.54, 1.807) is 13.8 Å². The van der Waals surface area contributed by atoms with E-state index < -0.39 is 19.8 Å². The molecule has 0 aliphatic rings. The normalized spacial score (nSPS) is 10.8. The van der Waals surface area contributed by atoms with Gasteiger partial charge in [0.05, 0.1) is 26.4 Å². The molecule has 10 heteroatoms. The van der Waals surface area contributed by atoms with Crippen LogP contribution in [0, 0.1) is 0 Å². The summed E-state index contributed by atoms with van der Waals surface area (Å²) < 4.78 is 31.2. The predicted molar refractivity (Wildman–Crippen MR) is 108 cm³/mol. The third kappa shape index (κ3) is 20.1. The summed E-state index contributed by atoms with van der Waals surface area (Å²) in [5.74, 6) is -0.798. The molecule has 0 unspecified atom stereocenters. The molecule has 8 nitrogen and oxygen atoms in total. The Balaban J connectivity index is 0. The van der Waals surface area contributed by atoms with E-state index in [0.717, 1.165) is 25.7 Å². The number of hydrogen-bond acceptors (Lipinski definition) is 8. The summed E-state index contributed by atoms with van der Waals surface area (Å²) in [6.07, 6.45) is 5.70. The first-order chi connectivity index (χ1) is 13.7. The van der Waals surface area contributed by atoms with Crippen molar-refractivity contribution < 1.29 is 89.0 Å². The van der Waals surface area contributed by atoms with Crippen molar-refractivity contribution in [2.45, 2.75) is 65.2 Å². The van der Waals surface area contributed by atoms with Crippen LogP contribution in [0.25, 0.3) is 0 Å². The van der Waals surface area contributed by atoms with E-state index in [1.165, 1.54) is 0 Å². The number of phosphoric acid groups is 1. The van der Waals surface area contributed by atoms with Gasteiger partial charge >= 0.3 is 63.3 Å². The van der Waals surface area contributed by atoms with Gasteiger partial charge in [0.1, 0.15) is 0 Å². The Labute approximate surface area is 222 Å². The quantitative estimate of drug-likeness (QED) is 0.0949. The van der Waals surface area contributed by atoms with Crippen molar-refractivity contribution in [1.82, 2.24) is 0 Å². The summed E-state index contributed by atoms with van der Waals surface area (Å²) in [6, 6.07) is 0. The topological polar surface area (TPSA) is 111 Å². The largest absolute Gasteiger partial charge is 1.00 e. The second-order valence-electron chi connectivity index (χ2n) is 6.77. The number of ether oxygens (including phenoxy) is 2. The first-order valence-electron chi connectivity index (χ1n) is 9.91. The molecule has 0 aliphatic carbocycles. The summed E-state index contributed by atoms with van der Waals surface area (Å²) >= 11 is 0. The summed E-state index contributed by atoms with van der Waals surface area (Å²) in [6.45, 7) is 11.0. The van der Waals surface area contributed by atoms with Crippen molar-refractivity contribution in [1.29, 1.82) is 0 Å². The van der Waals surface area contributed by atoms with Gasteiger partial charge in [0, 0.05) is 11.1 Å². The minimum atomic E-state index is -4.27. The maximum atomic E-state index is 11.6. The van der Waals surface area contributed by atoms with Crippen molar-refractivity contribution >= 4 is 19.8 Å². The van der Waals surface area contributed by atoms with Gasteiger partial charge in [-0.15, -0.1) is 0 Å². The van der Waals surface area contributed by atoms with E-state index in [-0.39, 0.29) is 64.6 Å². The van der Waals surface area contributed by atoms with Crippen molar-refractivity contribution in [2.24, 2.45) is 0 Å². The van der Waals surface area contributed by atoms with Gasteiger partial charge in [-0.3, -0.25) is 4.57 Å². The molecule has 0 bridgehead atoms. The van der Waals surface area contributed by atoms with Gasteiger partial charge in [0.2, 0.25) is 0 Å². The third-order valence-corrected chi connectivity index (χ3v) is 4.74. The molecule has 0 spiro atoms. The SMILES string of the molecule is C=C(C)C(=O)OCCCCCCOP(=O)([O-])OCCCCCCOC(=O)C(=C)C.[K+]. The van der Waals surface area contributed by atoms with E-state index in [2.05, 4.69) is 13.2 Å². The zero-order valence-electron chi connectivity index (χ0n) is 18.6. The van der Waals surface area contributed by atoms with Crippen LogP contribution in [0.2, 0.25) is 0 Å². The molecule has 0 rings (SSSR count). The zero-order valence-corrected chi connectivity index (χ0v) is 22.6. The Hall–Kier alpha value is 0.166. The second kappa shape index (κ2) is 19.8. The van der Waals surface area contributed by atoms with Gasteiger partial charge in [-0.25, -0.2) is 9.59 Å². The Kier molecular flexibility index (Phi) is 21.4. The van der Waals surface area contributed by atoms with Gasteiger partial charge in [-0.1, -0.05) is 26.0 Å². The summed E-state index contributed by atoms with van der Waals surface area (Å²) in [4.78, 5) is 34.0. The zero-order chi connectivity index (χ0) is 22.1. The van der Waals surface area contributed by atoms with Crippen LogP contribution in [0.15, 0.2) is 24.3 Å². The van der Waals surface area contributed by atoms with E-state index in [0.29, 0.717) is 50.0 Å². The smallest absolute Gasteiger partial charge is 0.756 e. The second-order valence-corrected chi connectivity index (χ2v) is 8.19. The van der Waals surface area contributed by atoms with E-state index in [1.807, 2.05) is 0 Å². The standard InChI is InChI=1S/C20H35O8P.K/c1-17(2)19(21)25-13-9-5-7-11-15-27-29(23,24)28-16-12-8-6-10-14-26-20(22)18(3)4;/h1,3,5-16H2,2,4H3,(H,23,24);/q;+1/p-1. The van der Waals surface area contributed by atoms with Gasteiger partial charge in [-0.05, 0) is 52.4 Å². The number of esters is 2. The van der Waals surface area contributed by atoms with Crippen molar-refractivity contribution in [2.75, 3.05) is 26.4 Å². The molecule has 168 valence electrons. The van der Waals surface area contributed by atoms with Gasteiger partial charge in [0.25, 0.3) is 7.82 Å². The van der Waals surface area contributed by atoms with Crippen molar-refractivity contribution in [3.8, 4) is 0 Å². The predicted octanol–water partition coefficient (Wildman–Crippen LogP) is 0.851. The number of carbonyl (C=O) groups is 2. The molecule has 0 aliphatic heterocycles. The maximum Gasteiger partial charge on any atom is 1.00 e. The fourth-order valence-corrected chi connectivity index (χ4v) is 2.86. The fraction of sp³-hybridized carbons (Fsp3) is 0.700. The summed E-state index contributed by atoms with van der Waals surface area (Å²) in [7, 11) is -4.27. The number of rotatable bonds is 18. The van der Waals surface area contributed by atoms with Gasteiger partial charge < -0.3 is 23.4 Å². The molecule has 0 aromatic carbocycles. The molecule has 0 amide bonds. The Morgan fingerprint density at radius 3 is 1.30 bits per heavy atom. The van der Waals surface area contributed by atoms with Crippen molar-refractivity contribution in [3.05, 3.63) is 24.3 Å². The molecule has 0 aromatic heterocycles. The molecular weight excluding hydrogens is 438 g/mol. The molecule has 0 fully saturated rings. The number of carbonyl (C=O) groups excluding carboxylic acids is 2. The van der Waals surface area contributed by atoms with E-state index in [9.17, 15) is 19.0 Å². The molecule has 0 aromatic rings. The first-order valence-corrected chi connectivity index (χ1v) is 11.4. The van der Waals surface area contributed by atoms with Crippen LogP contribution in [0.4, 0.5) is 0 Å². The molecule has 0 heterocycles. The summed E-state index contributed by atoms with van der Waals surface area (Å²) in [5.41, 5.74) is 0.738. The third-order valence-electron chi connectivity index (χ3n) is 3.74. The molecule has 0 atom stereocenters. The van der Waals surface area contributed by atoms with Crippen LogP contribution in [-0.2, 0) is 32.7 Å². The van der Waals surface area contributed by atoms with Crippen LogP contribution in [-0.4, -0.2) is 38.4 Å². The fourth-order valence-electron chi connectivity index (χ4n) is 2.08. The molecule has 30 heavy (non-hydrogen) atoms. The molecule has 0 saturated heterocycles. The number of phosphoric ester groups is 1. The minimum absolute atomic E-state index is 0. The monoisotopic (exact) mass is 472 g/mol. The van der Waals surface area contributed by atoms with Crippen LogP contribution in [0.1, 0.15) is 65.2 Å². The van der Waals surface area contributed by atoms with Gasteiger partial charge in [0.15, 0.2) is 0 Å². The number of hydrogen-bond donors (Lipinski definition) is 0. The Morgan fingerprint density at radius 1 is 0.700 bits per heavy atom. The molecule has 0 radical (unpaired) electrons. The average molecular weight is 473 g/mol. The number of unbranched alkanes of at least 4 members (excludes halogenated alkanes) is 6. The Morgan fingerprint density at radius 2 is 1.00 bits per heavy atom. The molecule has 0 N–H and O–H groups in total. The van der Waals surface area contributed by atoms with Crippen molar-refractivity contribution in [3.63, 3.8) is 0 Å². The van der Waals surface area contributed by atoms with Gasteiger partial charge in [-0.2, -0.15) is 0 Å². The molecular formula is C20H34KO8P. The van der Waals surface area contributed by atoms with Crippen LogP contribution in [0.5, 0.6) is 0 Å². The van der Waals surface area contributed by atoms with E-state index >= 15 is 0 Å². The minimum Gasteiger partial charge on any atom is -0.756 e. The molecule has 0 saturated carbocycles. The van der Waals surface area contributed by atoms with Crippen LogP contribution in [0.3, 0.4) is 0 Å². The van der Waals surface area contributed by atoms with E-state index in [4.69, 9.17) is 18.5 Å². The average Bonchev–Trinajstić information content (AvgIpc) is 2.65. The first kappa shape index (κ1) is 32.3. The maximum absolute atomic E-state index is 11.6. The van der Waals surface area contributed by atoms with Crippen LogP contribution >= 0.6 is 7.82 Å². The van der Waals surface area contributed by atoms with Crippen LogP contribution < -0.4 is 56.3 Å².